The summed E-state index contributed by atoms with van der Waals surface area (Å²) in [5.74, 6) is 0.0729. The second kappa shape index (κ2) is 5.35. The maximum absolute atomic E-state index is 12.0. The minimum Gasteiger partial charge on any atom is -0.468 e. The van der Waals surface area contributed by atoms with Gasteiger partial charge in [-0.05, 0) is 17.5 Å². The molecule has 0 radical (unpaired) electrons. The Morgan fingerprint density at radius 2 is 2.00 bits per heavy atom. The molecule has 3 nitrogen and oxygen atoms in total. The molecule has 0 aromatic carbocycles. The number of halogens is 3. The standard InChI is InChI=1S/C11H15F3N2O/c1-7(2)9-3-8(5-15)4-10(16-9)17-6-11(12,13)14/h3-4,7H,5-6,15H2,1-2H3. The number of rotatable bonds is 4. The molecule has 0 atom stereocenters. The number of pyridine rings is 1. The van der Waals surface area contributed by atoms with E-state index in [9.17, 15) is 13.2 Å². The quantitative estimate of drug-likeness (QED) is 0.891. The van der Waals surface area contributed by atoms with Crippen molar-refractivity contribution in [2.24, 2.45) is 5.73 Å². The molecular formula is C11H15F3N2O. The first kappa shape index (κ1) is 13.8. The normalized spacial score (nSPS) is 11.9. The van der Waals surface area contributed by atoms with Crippen molar-refractivity contribution >= 4 is 0 Å². The summed E-state index contributed by atoms with van der Waals surface area (Å²) in [6.45, 7) is 2.70. The molecule has 0 amide bonds. The molecule has 6 heteroatoms. The molecule has 0 spiro atoms. The number of nitrogens with two attached hydrogens (primary N) is 1. The van der Waals surface area contributed by atoms with Gasteiger partial charge in [0.1, 0.15) is 0 Å². The number of alkyl halides is 3. The van der Waals surface area contributed by atoms with Crippen LogP contribution >= 0.6 is 0 Å². The number of hydrogen-bond acceptors (Lipinski definition) is 3. The minimum absolute atomic E-state index is 0.0334. The number of aromatic nitrogens is 1. The summed E-state index contributed by atoms with van der Waals surface area (Å²) in [6.07, 6.45) is -4.36. The summed E-state index contributed by atoms with van der Waals surface area (Å²) < 4.78 is 40.6. The Hall–Kier alpha value is -1.30. The highest BCUT2D eigenvalue weighted by Crippen LogP contribution is 2.21. The predicted octanol–water partition coefficient (Wildman–Crippen LogP) is 2.60. The zero-order valence-corrected chi connectivity index (χ0v) is 9.71. The van der Waals surface area contributed by atoms with Crippen molar-refractivity contribution in [1.82, 2.24) is 4.98 Å². The molecule has 0 aliphatic heterocycles. The number of hydrogen-bond donors (Lipinski definition) is 1. The summed E-state index contributed by atoms with van der Waals surface area (Å²) in [5.41, 5.74) is 6.84. The van der Waals surface area contributed by atoms with Crippen molar-refractivity contribution in [3.05, 3.63) is 23.4 Å². The van der Waals surface area contributed by atoms with Crippen molar-refractivity contribution in [2.75, 3.05) is 6.61 Å². The zero-order chi connectivity index (χ0) is 13.1. The fraction of sp³-hybridized carbons (Fsp3) is 0.545. The summed E-state index contributed by atoms with van der Waals surface area (Å²) >= 11 is 0. The Labute approximate surface area is 97.8 Å². The van der Waals surface area contributed by atoms with Crippen LogP contribution in [0.15, 0.2) is 12.1 Å². The van der Waals surface area contributed by atoms with E-state index in [1.165, 1.54) is 6.07 Å². The van der Waals surface area contributed by atoms with Crippen molar-refractivity contribution in [2.45, 2.75) is 32.5 Å². The molecule has 96 valence electrons. The van der Waals surface area contributed by atoms with Crippen molar-refractivity contribution < 1.29 is 17.9 Å². The summed E-state index contributed by atoms with van der Waals surface area (Å²) in [5, 5.41) is 0. The third-order valence-corrected chi connectivity index (χ3v) is 2.09. The van der Waals surface area contributed by atoms with Gasteiger partial charge in [0, 0.05) is 18.3 Å². The molecule has 0 aliphatic carbocycles. The Morgan fingerprint density at radius 1 is 1.35 bits per heavy atom. The third-order valence-electron chi connectivity index (χ3n) is 2.09. The lowest BCUT2D eigenvalue weighted by molar-refractivity contribution is -0.154. The molecule has 1 aromatic heterocycles. The Balaban J connectivity index is 2.87. The highest BCUT2D eigenvalue weighted by Gasteiger charge is 2.28. The van der Waals surface area contributed by atoms with E-state index in [1.807, 2.05) is 13.8 Å². The maximum atomic E-state index is 12.0. The van der Waals surface area contributed by atoms with Gasteiger partial charge in [0.15, 0.2) is 6.61 Å². The molecule has 0 aliphatic rings. The molecule has 2 N–H and O–H groups in total. The summed E-state index contributed by atoms with van der Waals surface area (Å²) in [4.78, 5) is 4.01. The lowest BCUT2D eigenvalue weighted by Gasteiger charge is -2.12. The molecule has 17 heavy (non-hydrogen) atoms. The first-order chi connectivity index (χ1) is 7.81. The van der Waals surface area contributed by atoms with Crippen LogP contribution in [0.1, 0.15) is 31.0 Å². The molecule has 1 aromatic rings. The van der Waals surface area contributed by atoms with E-state index in [1.54, 1.807) is 6.07 Å². The monoisotopic (exact) mass is 248 g/mol. The van der Waals surface area contributed by atoms with Gasteiger partial charge < -0.3 is 10.5 Å². The molecular weight excluding hydrogens is 233 g/mol. The van der Waals surface area contributed by atoms with E-state index < -0.39 is 12.8 Å². The molecule has 0 bridgehead atoms. The average Bonchev–Trinajstić information content (AvgIpc) is 2.25. The van der Waals surface area contributed by atoms with E-state index in [-0.39, 0.29) is 18.3 Å². The lowest BCUT2D eigenvalue weighted by atomic mass is 10.1. The molecule has 0 saturated carbocycles. The van der Waals surface area contributed by atoms with Crippen LogP contribution in [0.4, 0.5) is 13.2 Å². The van der Waals surface area contributed by atoms with Gasteiger partial charge in [0.2, 0.25) is 5.88 Å². The van der Waals surface area contributed by atoms with E-state index in [4.69, 9.17) is 5.73 Å². The topological polar surface area (TPSA) is 48.1 Å². The van der Waals surface area contributed by atoms with Crippen LogP contribution in [0.5, 0.6) is 5.88 Å². The number of nitrogens with zero attached hydrogens (tertiary/aromatic N) is 1. The maximum Gasteiger partial charge on any atom is 0.422 e. The third kappa shape index (κ3) is 4.60. The average molecular weight is 248 g/mol. The van der Waals surface area contributed by atoms with Crippen LogP contribution in [0.3, 0.4) is 0 Å². The van der Waals surface area contributed by atoms with Gasteiger partial charge in [-0.15, -0.1) is 0 Å². The Kier molecular flexibility index (Phi) is 4.34. The van der Waals surface area contributed by atoms with E-state index in [0.717, 1.165) is 0 Å². The minimum atomic E-state index is -4.36. The summed E-state index contributed by atoms with van der Waals surface area (Å²) in [7, 11) is 0. The molecule has 0 saturated heterocycles. The lowest BCUT2D eigenvalue weighted by Crippen LogP contribution is -2.20. The fourth-order valence-electron chi connectivity index (χ4n) is 1.23. The molecule has 0 unspecified atom stereocenters. The van der Waals surface area contributed by atoms with Crippen LogP contribution in [0, 0.1) is 0 Å². The smallest absolute Gasteiger partial charge is 0.422 e. The van der Waals surface area contributed by atoms with E-state index >= 15 is 0 Å². The largest absolute Gasteiger partial charge is 0.468 e. The highest BCUT2D eigenvalue weighted by molar-refractivity contribution is 5.26. The highest BCUT2D eigenvalue weighted by atomic mass is 19.4. The second-order valence-electron chi connectivity index (χ2n) is 4.00. The van der Waals surface area contributed by atoms with Crippen LogP contribution in [0.25, 0.3) is 0 Å². The second-order valence-corrected chi connectivity index (χ2v) is 4.00. The first-order valence-corrected chi connectivity index (χ1v) is 5.22. The van der Waals surface area contributed by atoms with Gasteiger partial charge in [-0.3, -0.25) is 0 Å². The zero-order valence-electron chi connectivity index (χ0n) is 9.71. The Morgan fingerprint density at radius 3 is 2.47 bits per heavy atom. The van der Waals surface area contributed by atoms with Gasteiger partial charge in [0.05, 0.1) is 0 Å². The van der Waals surface area contributed by atoms with E-state index in [0.29, 0.717) is 11.3 Å². The van der Waals surface area contributed by atoms with Gasteiger partial charge in [0.25, 0.3) is 0 Å². The molecule has 1 rings (SSSR count). The first-order valence-electron chi connectivity index (χ1n) is 5.22. The molecule has 0 fully saturated rings. The molecule has 1 heterocycles. The SMILES string of the molecule is CC(C)c1cc(CN)cc(OCC(F)(F)F)n1. The summed E-state index contributed by atoms with van der Waals surface area (Å²) in [6, 6.07) is 3.20. The van der Waals surface area contributed by atoms with Crippen LogP contribution in [0.2, 0.25) is 0 Å². The predicted molar refractivity (Wildman–Crippen MR) is 57.8 cm³/mol. The Bertz CT molecular complexity index is 377. The fourth-order valence-corrected chi connectivity index (χ4v) is 1.23. The van der Waals surface area contributed by atoms with Crippen molar-refractivity contribution in [3.63, 3.8) is 0 Å². The van der Waals surface area contributed by atoms with Crippen LogP contribution in [-0.4, -0.2) is 17.8 Å². The van der Waals surface area contributed by atoms with Gasteiger partial charge in [-0.2, -0.15) is 13.2 Å². The van der Waals surface area contributed by atoms with Gasteiger partial charge >= 0.3 is 6.18 Å². The number of ether oxygens (including phenoxy) is 1. The van der Waals surface area contributed by atoms with Gasteiger partial charge in [-0.25, -0.2) is 4.98 Å². The van der Waals surface area contributed by atoms with E-state index in [2.05, 4.69) is 9.72 Å². The van der Waals surface area contributed by atoms with Crippen molar-refractivity contribution in [3.8, 4) is 5.88 Å². The van der Waals surface area contributed by atoms with Crippen LogP contribution in [-0.2, 0) is 6.54 Å². The van der Waals surface area contributed by atoms with Crippen LogP contribution < -0.4 is 10.5 Å². The van der Waals surface area contributed by atoms with Crippen molar-refractivity contribution in [1.29, 1.82) is 0 Å². The van der Waals surface area contributed by atoms with Gasteiger partial charge in [-0.1, -0.05) is 13.8 Å².